The maximum Gasteiger partial charge on any atom is 0.333 e. The molecule has 0 amide bonds. The maximum absolute atomic E-state index is 13.7. The molecule has 2 fully saturated rings. The maximum atomic E-state index is 13.7. The fourth-order valence-corrected chi connectivity index (χ4v) is 9.44. The van der Waals surface area contributed by atoms with Crippen molar-refractivity contribution in [2.75, 3.05) is 20.8 Å². The van der Waals surface area contributed by atoms with Crippen LogP contribution in [-0.2, 0) is 66.7 Å². The van der Waals surface area contributed by atoms with E-state index in [1.165, 1.54) is 21.1 Å². The van der Waals surface area contributed by atoms with E-state index in [1.54, 1.807) is 26.8 Å². The van der Waals surface area contributed by atoms with E-state index in [4.69, 9.17) is 37.9 Å². The number of hydrogen-bond acceptors (Lipinski definition) is 15. The number of rotatable bonds is 28. The van der Waals surface area contributed by atoms with Gasteiger partial charge < -0.3 is 43.0 Å². The molecule has 2 aliphatic rings. The van der Waals surface area contributed by atoms with Crippen LogP contribution in [0.4, 0.5) is 0 Å². The van der Waals surface area contributed by atoms with Gasteiger partial charge in [0.2, 0.25) is 0 Å². The number of aliphatic hydroxyl groups is 1. The molecule has 390 valence electrons. The van der Waals surface area contributed by atoms with Crippen molar-refractivity contribution in [3.63, 3.8) is 0 Å². The van der Waals surface area contributed by atoms with Crippen LogP contribution in [0.3, 0.4) is 0 Å². The van der Waals surface area contributed by atoms with E-state index in [1.807, 2.05) is 54.5 Å². The van der Waals surface area contributed by atoms with Gasteiger partial charge in [-0.1, -0.05) is 81.4 Å². The zero-order valence-electron chi connectivity index (χ0n) is 44.1. The Morgan fingerprint density at radius 2 is 1.31 bits per heavy atom. The van der Waals surface area contributed by atoms with Crippen molar-refractivity contribution >= 4 is 35.6 Å². The fourth-order valence-electron chi connectivity index (χ4n) is 9.44. The molecule has 2 saturated heterocycles. The topological polar surface area (TPSA) is 196 Å². The van der Waals surface area contributed by atoms with Crippen LogP contribution in [0, 0.1) is 41.4 Å². The smallest absolute Gasteiger partial charge is 0.333 e. The summed E-state index contributed by atoms with van der Waals surface area (Å²) in [6.07, 6.45) is 2.37. The number of Topliss-reactive ketones (excluding diaryl/α,β-unsaturated/α-hetero) is 1. The fraction of sp³-hybridized carbons (Fsp3) is 0.811. The van der Waals surface area contributed by atoms with Gasteiger partial charge >= 0.3 is 29.8 Å². The van der Waals surface area contributed by atoms with Gasteiger partial charge in [-0.25, -0.2) is 4.79 Å². The molecule has 1 N–H and O–H groups in total. The Morgan fingerprint density at radius 3 is 1.85 bits per heavy atom. The van der Waals surface area contributed by atoms with Gasteiger partial charge in [0.15, 0.2) is 11.6 Å². The molecule has 13 atom stereocenters. The van der Waals surface area contributed by atoms with E-state index < -0.39 is 84.2 Å². The predicted molar refractivity (Wildman–Crippen MR) is 257 cm³/mol. The molecule has 1 spiro atoms. The summed E-state index contributed by atoms with van der Waals surface area (Å²) in [7, 11) is 2.66. The highest BCUT2D eigenvalue weighted by Gasteiger charge is 2.51. The Balaban J connectivity index is 2.63. The molecule has 2 aliphatic heterocycles. The number of aliphatic hydroxyl groups excluding tert-OH is 1. The van der Waals surface area contributed by atoms with Crippen LogP contribution in [0.5, 0.6) is 0 Å². The zero-order chi connectivity index (χ0) is 51.5. The molecule has 10 unspecified atom stereocenters. The first-order valence-electron chi connectivity index (χ1n) is 25.0. The summed E-state index contributed by atoms with van der Waals surface area (Å²) in [6.45, 7) is 23.8. The lowest BCUT2D eigenvalue weighted by Gasteiger charge is -2.52. The van der Waals surface area contributed by atoms with Gasteiger partial charge in [-0.05, 0) is 93.5 Å². The summed E-state index contributed by atoms with van der Waals surface area (Å²) < 4.78 is 48.6. The third-order valence-electron chi connectivity index (χ3n) is 13.0. The molecule has 0 radical (unpaired) electrons. The van der Waals surface area contributed by atoms with Crippen molar-refractivity contribution in [3.8, 4) is 0 Å². The van der Waals surface area contributed by atoms with Crippen LogP contribution < -0.4 is 0 Å². The summed E-state index contributed by atoms with van der Waals surface area (Å²) in [6, 6.07) is 0. The molecule has 0 aromatic rings. The second-order valence-corrected chi connectivity index (χ2v) is 20.9. The monoisotopic (exact) mass is 965 g/mol. The minimum atomic E-state index is -1.10. The molecule has 0 aromatic carbocycles. The lowest BCUT2D eigenvalue weighted by atomic mass is 9.79. The lowest BCUT2D eigenvalue weighted by molar-refractivity contribution is -0.347. The van der Waals surface area contributed by atoms with Gasteiger partial charge in [0, 0.05) is 56.9 Å². The molecular weight excluding hydrogens is 877 g/mol. The molecule has 68 heavy (non-hydrogen) atoms. The summed E-state index contributed by atoms with van der Waals surface area (Å²) in [5, 5.41) is 11.7. The second-order valence-electron chi connectivity index (χ2n) is 20.9. The van der Waals surface area contributed by atoms with Gasteiger partial charge in [-0.2, -0.15) is 0 Å². The first-order chi connectivity index (χ1) is 31.8. The Bertz CT molecular complexity index is 1680. The molecule has 0 aliphatic carbocycles. The van der Waals surface area contributed by atoms with E-state index in [9.17, 15) is 33.9 Å². The van der Waals surface area contributed by atoms with Crippen LogP contribution in [0.25, 0.3) is 0 Å². The first-order valence-corrected chi connectivity index (χ1v) is 25.0. The average Bonchev–Trinajstić information content (AvgIpc) is 3.24. The number of carbonyl (C=O) groups excluding carboxylic acids is 6. The van der Waals surface area contributed by atoms with Crippen molar-refractivity contribution < 1.29 is 71.8 Å². The third-order valence-corrected chi connectivity index (χ3v) is 13.0. The quantitative estimate of drug-likeness (QED) is 0.0337. The van der Waals surface area contributed by atoms with E-state index in [0.717, 1.165) is 12.0 Å². The molecule has 2 rings (SSSR count). The van der Waals surface area contributed by atoms with Gasteiger partial charge in [0.05, 0.1) is 32.5 Å². The molecule has 0 saturated carbocycles. The van der Waals surface area contributed by atoms with Gasteiger partial charge in [0.1, 0.15) is 31.0 Å². The Morgan fingerprint density at radius 1 is 0.735 bits per heavy atom. The predicted octanol–water partition coefficient (Wildman–Crippen LogP) is 8.98. The minimum Gasteiger partial charge on any atom is -0.469 e. The van der Waals surface area contributed by atoms with Crippen LogP contribution in [0.15, 0.2) is 23.3 Å². The highest BCUT2D eigenvalue weighted by atomic mass is 16.7. The van der Waals surface area contributed by atoms with Crippen molar-refractivity contribution in [1.29, 1.82) is 0 Å². The Labute approximate surface area is 407 Å². The molecule has 0 aromatic heterocycles. The molecule has 2 heterocycles. The highest BCUT2D eigenvalue weighted by molar-refractivity contribution is 5.87. The summed E-state index contributed by atoms with van der Waals surface area (Å²) in [4.78, 5) is 77.0. The number of hydrogen-bond donors (Lipinski definition) is 1. The minimum absolute atomic E-state index is 0.000417. The lowest BCUT2D eigenvalue weighted by Crippen LogP contribution is -2.57. The summed E-state index contributed by atoms with van der Waals surface area (Å²) in [5.74, 6) is -4.58. The van der Waals surface area contributed by atoms with Crippen molar-refractivity contribution in [2.45, 2.75) is 216 Å². The molecule has 15 heteroatoms. The van der Waals surface area contributed by atoms with Crippen molar-refractivity contribution in [1.82, 2.24) is 0 Å². The first kappa shape index (κ1) is 60.5. The number of ketones is 1. The van der Waals surface area contributed by atoms with Gasteiger partial charge in [-0.3, -0.25) is 24.0 Å². The Hall–Kier alpha value is -3.66. The van der Waals surface area contributed by atoms with Gasteiger partial charge in [0.25, 0.3) is 0 Å². The zero-order valence-corrected chi connectivity index (χ0v) is 44.1. The second kappa shape index (κ2) is 29.5. The average molecular weight is 965 g/mol. The molecule has 15 nitrogen and oxygen atoms in total. The number of esters is 5. The standard InChI is InChI=1S/C53H88O15/c1-16-41(55)30-63-42(21-20-37(10)52(60)62-15)39(12)51(64-40(13)54)44(65-47(57)22-31(2)3)27-38(11)50(66-48(58)23-32(4)5)45-25-35(8)29-53(68-45)28-34(7)24-43(67-53)49(59)36(9)19-17-18-33(6)26-46(56)61-14/h19-20,31-35,38-39,42-45,49-51,59H,16-18,21-30H2,1-15H3/b36-19+,37-20+/t33?,34-,35?,38?,39?,42?,43+,44?,45?,49?,50?,51?,53+/m0/s1. The van der Waals surface area contributed by atoms with E-state index in [0.29, 0.717) is 44.1 Å². The Kier molecular flexibility index (Phi) is 26.2. The molecular formula is C53H88O15. The number of ether oxygens (including phenoxy) is 8. The van der Waals surface area contributed by atoms with Crippen LogP contribution in [0.2, 0.25) is 0 Å². The normalized spacial score (nSPS) is 24.8. The van der Waals surface area contributed by atoms with Crippen molar-refractivity contribution in [2.24, 2.45) is 41.4 Å². The van der Waals surface area contributed by atoms with Crippen LogP contribution in [-0.4, -0.2) is 110 Å². The largest absolute Gasteiger partial charge is 0.469 e. The third kappa shape index (κ3) is 20.7. The molecule has 0 bridgehead atoms. The summed E-state index contributed by atoms with van der Waals surface area (Å²) >= 11 is 0. The van der Waals surface area contributed by atoms with E-state index in [-0.39, 0.29) is 80.1 Å². The highest BCUT2D eigenvalue weighted by Crippen LogP contribution is 2.46. The number of carbonyl (C=O) groups is 6. The SMILES string of the molecule is CCC(=O)COC(C/C=C(\C)C(=O)OC)C(C)C(OC(C)=O)C(CC(C)C(OC(=O)CC(C)C)C1CC(C)C[C@@]2(C[C@@H](C)C[C@H](C(O)/C(C)=C/CCC(C)CC(=O)OC)O2)O1)OC(=O)CC(C)C. The van der Waals surface area contributed by atoms with E-state index >= 15 is 0 Å². The van der Waals surface area contributed by atoms with Crippen molar-refractivity contribution in [3.05, 3.63) is 23.3 Å². The van der Waals surface area contributed by atoms with Crippen LogP contribution in [0.1, 0.15) is 167 Å². The van der Waals surface area contributed by atoms with E-state index in [2.05, 4.69) is 13.8 Å². The summed E-state index contributed by atoms with van der Waals surface area (Å²) in [5.41, 5.74) is 1.09. The van der Waals surface area contributed by atoms with Gasteiger partial charge in [-0.15, -0.1) is 0 Å². The number of allylic oxidation sites excluding steroid dienone is 1. The number of methoxy groups -OCH3 is 2. The van der Waals surface area contributed by atoms with Crippen LogP contribution >= 0.6 is 0 Å².